The van der Waals surface area contributed by atoms with Gasteiger partial charge in [-0.05, 0) is 0 Å². The van der Waals surface area contributed by atoms with Crippen LogP contribution in [0.1, 0.15) is 6.42 Å². The first-order chi connectivity index (χ1) is 8.78. The number of hydrogen-bond donors (Lipinski definition) is 2. The van der Waals surface area contributed by atoms with Gasteiger partial charge in [0.15, 0.2) is 0 Å². The van der Waals surface area contributed by atoms with Crippen LogP contribution in [0.25, 0.3) is 0 Å². The van der Waals surface area contributed by atoms with Gasteiger partial charge < -0.3 is 20.1 Å². The Hall–Kier alpha value is -1.51. The summed E-state index contributed by atoms with van der Waals surface area (Å²) in [6.07, 6.45) is -4.36. The van der Waals surface area contributed by atoms with Crippen molar-refractivity contribution in [2.75, 3.05) is 32.8 Å². The summed E-state index contributed by atoms with van der Waals surface area (Å²) >= 11 is 0. The lowest BCUT2D eigenvalue weighted by Crippen LogP contribution is -2.54. The number of hydrogen-bond acceptors (Lipinski definition) is 3. The normalized spacial score (nSPS) is 16.1. The van der Waals surface area contributed by atoms with Crippen molar-refractivity contribution in [1.82, 2.24) is 10.2 Å². The number of alkyl halides is 3. The maximum atomic E-state index is 11.7. The van der Waals surface area contributed by atoms with E-state index in [9.17, 15) is 22.8 Å². The third-order valence-corrected chi connectivity index (χ3v) is 2.50. The van der Waals surface area contributed by atoms with Crippen LogP contribution in [0.15, 0.2) is 0 Å². The number of ether oxygens (including phenoxy) is 1. The zero-order valence-corrected chi connectivity index (χ0v) is 10.1. The number of carbonyl (C=O) groups excluding carboxylic acids is 1. The Bertz CT molecular complexity index is 329. The van der Waals surface area contributed by atoms with Crippen molar-refractivity contribution in [2.45, 2.75) is 12.6 Å². The molecular weight excluding hydrogens is 269 g/mol. The number of carboxylic acid groups (broad SMARTS) is 1. The molecule has 1 saturated heterocycles. The summed E-state index contributed by atoms with van der Waals surface area (Å²) in [5.74, 6) is -0.963. The average molecular weight is 284 g/mol. The highest BCUT2D eigenvalue weighted by atomic mass is 19.4. The number of aliphatic carboxylic acids is 1. The van der Waals surface area contributed by atoms with Gasteiger partial charge >= 0.3 is 18.2 Å². The first-order valence-corrected chi connectivity index (χ1v) is 5.67. The molecule has 6 nitrogen and oxygen atoms in total. The second-order valence-corrected chi connectivity index (χ2v) is 4.27. The van der Waals surface area contributed by atoms with Gasteiger partial charge in [0.1, 0.15) is 6.61 Å². The number of halogens is 3. The van der Waals surface area contributed by atoms with Gasteiger partial charge in [-0.25, -0.2) is 4.79 Å². The summed E-state index contributed by atoms with van der Waals surface area (Å²) in [6.45, 7) is -0.886. The molecule has 0 bridgehead atoms. The molecule has 2 N–H and O–H groups in total. The summed E-state index contributed by atoms with van der Waals surface area (Å²) in [7, 11) is 0. The molecule has 1 rings (SSSR count). The molecule has 110 valence electrons. The van der Waals surface area contributed by atoms with E-state index >= 15 is 0 Å². The molecule has 1 fully saturated rings. The fourth-order valence-electron chi connectivity index (χ4n) is 1.64. The third-order valence-electron chi connectivity index (χ3n) is 2.50. The van der Waals surface area contributed by atoms with Crippen LogP contribution in [-0.2, 0) is 9.53 Å². The summed E-state index contributed by atoms with van der Waals surface area (Å²) in [6, 6.07) is -0.419. The van der Waals surface area contributed by atoms with Crippen molar-refractivity contribution in [2.24, 2.45) is 5.92 Å². The lowest BCUT2D eigenvalue weighted by atomic mass is 9.97. The molecule has 0 aromatic carbocycles. The highest BCUT2D eigenvalue weighted by molar-refractivity contribution is 5.75. The van der Waals surface area contributed by atoms with E-state index in [1.807, 2.05) is 0 Å². The Labute approximate surface area is 107 Å². The van der Waals surface area contributed by atoms with E-state index < -0.39 is 24.8 Å². The molecule has 9 heteroatoms. The van der Waals surface area contributed by atoms with E-state index in [4.69, 9.17) is 5.11 Å². The van der Waals surface area contributed by atoms with E-state index in [1.165, 1.54) is 4.90 Å². The summed E-state index contributed by atoms with van der Waals surface area (Å²) < 4.78 is 39.5. The molecule has 0 radical (unpaired) electrons. The van der Waals surface area contributed by atoms with Crippen LogP contribution in [0.2, 0.25) is 0 Å². The molecule has 0 aromatic rings. The molecule has 0 saturated carbocycles. The summed E-state index contributed by atoms with van der Waals surface area (Å²) in [5, 5.41) is 10.9. The van der Waals surface area contributed by atoms with Crippen LogP contribution in [0.4, 0.5) is 18.0 Å². The maximum absolute atomic E-state index is 11.7. The predicted octanol–water partition coefficient (Wildman–Crippen LogP) is 0.681. The molecule has 0 unspecified atom stereocenters. The zero-order chi connectivity index (χ0) is 14.5. The topological polar surface area (TPSA) is 78.9 Å². The standard InChI is InChI=1S/C10H15F3N2O4/c11-10(12,13)6-19-2-1-14-9(18)15-4-7(5-15)3-8(16)17/h7H,1-6H2,(H,14,18)(H,16,17). The smallest absolute Gasteiger partial charge is 0.411 e. The van der Waals surface area contributed by atoms with Crippen LogP contribution in [0, 0.1) is 5.92 Å². The Morgan fingerprint density at radius 2 is 2.00 bits per heavy atom. The van der Waals surface area contributed by atoms with E-state index in [0.717, 1.165) is 0 Å². The minimum Gasteiger partial charge on any atom is -0.481 e. The molecule has 2 amide bonds. The first-order valence-electron chi connectivity index (χ1n) is 5.67. The number of likely N-dealkylation sites (tertiary alicyclic amines) is 1. The molecule has 1 aliphatic rings. The molecule has 1 aliphatic heterocycles. The van der Waals surface area contributed by atoms with Gasteiger partial charge in [-0.15, -0.1) is 0 Å². The van der Waals surface area contributed by atoms with Gasteiger partial charge in [-0.1, -0.05) is 0 Å². The number of rotatable bonds is 6. The second-order valence-electron chi connectivity index (χ2n) is 4.27. The van der Waals surface area contributed by atoms with E-state index in [0.29, 0.717) is 13.1 Å². The highest BCUT2D eigenvalue weighted by Crippen LogP contribution is 2.18. The van der Waals surface area contributed by atoms with Crippen LogP contribution in [0.3, 0.4) is 0 Å². The molecule has 1 heterocycles. The molecule has 0 aliphatic carbocycles. The number of nitrogens with zero attached hydrogens (tertiary/aromatic N) is 1. The molecular formula is C10H15F3N2O4. The van der Waals surface area contributed by atoms with Gasteiger partial charge in [0.25, 0.3) is 0 Å². The number of amides is 2. The molecule has 19 heavy (non-hydrogen) atoms. The Balaban J connectivity index is 2.02. The lowest BCUT2D eigenvalue weighted by molar-refractivity contribution is -0.173. The largest absolute Gasteiger partial charge is 0.481 e. The van der Waals surface area contributed by atoms with Crippen molar-refractivity contribution in [3.05, 3.63) is 0 Å². The quantitative estimate of drug-likeness (QED) is 0.703. The fraction of sp³-hybridized carbons (Fsp3) is 0.800. The SMILES string of the molecule is O=C(O)CC1CN(C(=O)NCCOCC(F)(F)F)C1. The van der Waals surface area contributed by atoms with E-state index in [2.05, 4.69) is 10.1 Å². The van der Waals surface area contributed by atoms with Crippen LogP contribution < -0.4 is 5.32 Å². The van der Waals surface area contributed by atoms with Crippen molar-refractivity contribution in [3.8, 4) is 0 Å². The number of nitrogens with one attached hydrogen (secondary N) is 1. The van der Waals surface area contributed by atoms with Crippen LogP contribution in [0.5, 0.6) is 0 Å². The Morgan fingerprint density at radius 3 is 2.53 bits per heavy atom. The predicted molar refractivity (Wildman–Crippen MR) is 57.6 cm³/mol. The lowest BCUT2D eigenvalue weighted by Gasteiger charge is -2.38. The van der Waals surface area contributed by atoms with Crippen molar-refractivity contribution < 1.29 is 32.6 Å². The number of urea groups is 1. The molecule has 0 spiro atoms. The van der Waals surface area contributed by atoms with Crippen molar-refractivity contribution >= 4 is 12.0 Å². The minimum absolute atomic E-state index is 0.0124. The minimum atomic E-state index is -4.37. The molecule has 0 atom stereocenters. The monoisotopic (exact) mass is 284 g/mol. The average Bonchev–Trinajstić information content (AvgIpc) is 2.20. The second kappa shape index (κ2) is 6.60. The Morgan fingerprint density at radius 1 is 1.37 bits per heavy atom. The maximum Gasteiger partial charge on any atom is 0.411 e. The summed E-state index contributed by atoms with van der Waals surface area (Å²) in [5.41, 5.74) is 0. The highest BCUT2D eigenvalue weighted by Gasteiger charge is 2.32. The van der Waals surface area contributed by atoms with E-state index in [-0.39, 0.29) is 25.5 Å². The van der Waals surface area contributed by atoms with Gasteiger partial charge in [0.05, 0.1) is 13.0 Å². The Kier molecular flexibility index (Phi) is 5.40. The zero-order valence-electron chi connectivity index (χ0n) is 10.1. The number of carboxylic acids is 1. The first kappa shape index (κ1) is 15.5. The summed E-state index contributed by atoms with van der Waals surface area (Å²) in [4.78, 5) is 23.2. The van der Waals surface area contributed by atoms with Gasteiger partial charge in [0, 0.05) is 25.6 Å². The van der Waals surface area contributed by atoms with Crippen molar-refractivity contribution in [1.29, 1.82) is 0 Å². The van der Waals surface area contributed by atoms with E-state index in [1.54, 1.807) is 0 Å². The molecule has 0 aromatic heterocycles. The van der Waals surface area contributed by atoms with Crippen LogP contribution >= 0.6 is 0 Å². The fourth-order valence-corrected chi connectivity index (χ4v) is 1.64. The van der Waals surface area contributed by atoms with Gasteiger partial charge in [-0.3, -0.25) is 4.79 Å². The van der Waals surface area contributed by atoms with Crippen molar-refractivity contribution in [3.63, 3.8) is 0 Å². The third kappa shape index (κ3) is 6.27. The van der Waals surface area contributed by atoms with Gasteiger partial charge in [0.2, 0.25) is 0 Å². The van der Waals surface area contributed by atoms with Gasteiger partial charge in [-0.2, -0.15) is 13.2 Å². The van der Waals surface area contributed by atoms with Crippen LogP contribution in [-0.4, -0.2) is 61.0 Å². The number of carbonyl (C=O) groups is 2.